The van der Waals surface area contributed by atoms with Gasteiger partial charge in [0.25, 0.3) is 0 Å². The molecule has 0 rings (SSSR count). The van der Waals surface area contributed by atoms with Crippen LogP contribution in [0, 0.1) is 0 Å². The van der Waals surface area contributed by atoms with Crippen molar-refractivity contribution in [3.63, 3.8) is 0 Å². The number of halogens is 1. The normalized spacial score (nSPS) is 14.8. The average Bonchev–Trinajstić information content (AvgIpc) is 2.11. The maximum atomic E-state index is 12.5. The fraction of sp³-hybridized carbons (Fsp3) is 0.600. The van der Waals surface area contributed by atoms with E-state index in [0.29, 0.717) is 11.4 Å². The molecule has 0 unspecified atom stereocenters. The van der Waals surface area contributed by atoms with Crippen LogP contribution in [0.3, 0.4) is 0 Å². The van der Waals surface area contributed by atoms with Crippen molar-refractivity contribution in [2.24, 2.45) is 15.7 Å². The molecule has 0 saturated heterocycles. The molecule has 0 aromatic rings. The number of nitrogens with two attached hydrogens (primary N) is 1. The number of hydrogen-bond acceptors (Lipinski definition) is 3. The summed E-state index contributed by atoms with van der Waals surface area (Å²) in [4.78, 5) is 7.80. The molecule has 0 radical (unpaired) electrons. The van der Waals surface area contributed by atoms with Gasteiger partial charge in [-0.1, -0.05) is 13.3 Å². The van der Waals surface area contributed by atoms with Crippen molar-refractivity contribution < 1.29 is 4.39 Å². The fourth-order valence-electron chi connectivity index (χ4n) is 0.893. The lowest BCUT2D eigenvalue weighted by atomic mass is 10.3. The molecule has 14 heavy (non-hydrogen) atoms. The monoisotopic (exact) mass is 199 g/mol. The molecule has 0 aliphatic carbocycles. The smallest absolute Gasteiger partial charge is 0.186 e. The summed E-state index contributed by atoms with van der Waals surface area (Å²) in [7, 11) is 0. The molecule has 2 N–H and O–H groups in total. The van der Waals surface area contributed by atoms with E-state index >= 15 is 0 Å². The number of rotatable bonds is 5. The van der Waals surface area contributed by atoms with Crippen molar-refractivity contribution in [1.82, 2.24) is 0 Å². The summed E-state index contributed by atoms with van der Waals surface area (Å²) >= 11 is 0. The standard InChI is InChI=1S/C10H18FN3/c1-4-5-6-13-10(7-12)8(2)14-9(3)11/h6H,4-5,7,12H2,1-3H3/b10-8+,13-6?,14-9?. The third-order valence-corrected chi connectivity index (χ3v) is 1.60. The predicted octanol–water partition coefficient (Wildman–Crippen LogP) is 2.44. The molecule has 0 atom stereocenters. The molecule has 0 aromatic carbocycles. The quantitative estimate of drug-likeness (QED) is 0.679. The summed E-state index contributed by atoms with van der Waals surface area (Å²) in [5.74, 6) is -0.473. The minimum atomic E-state index is -0.473. The van der Waals surface area contributed by atoms with Gasteiger partial charge in [0.15, 0.2) is 5.97 Å². The van der Waals surface area contributed by atoms with E-state index in [-0.39, 0.29) is 6.54 Å². The molecule has 0 fully saturated rings. The largest absolute Gasteiger partial charge is 0.325 e. The number of aliphatic imine (C=N–C) groups is 2. The Morgan fingerprint density at radius 2 is 2.07 bits per heavy atom. The molecule has 80 valence electrons. The van der Waals surface area contributed by atoms with Crippen LogP contribution in [0.1, 0.15) is 33.6 Å². The lowest BCUT2D eigenvalue weighted by molar-refractivity contribution is 0.792. The number of unbranched alkanes of at least 4 members (excludes halogenated alkanes) is 1. The van der Waals surface area contributed by atoms with Crippen molar-refractivity contribution in [3.8, 4) is 0 Å². The van der Waals surface area contributed by atoms with E-state index in [9.17, 15) is 4.39 Å². The second-order valence-electron chi connectivity index (χ2n) is 2.95. The third kappa shape index (κ3) is 5.59. The van der Waals surface area contributed by atoms with Crippen molar-refractivity contribution >= 4 is 12.2 Å². The molecule has 4 heteroatoms. The van der Waals surface area contributed by atoms with Crippen LogP contribution in [-0.2, 0) is 0 Å². The van der Waals surface area contributed by atoms with E-state index in [1.807, 2.05) is 0 Å². The first-order chi connectivity index (χ1) is 6.61. The molecular formula is C10H18FN3. The minimum absolute atomic E-state index is 0.281. The minimum Gasteiger partial charge on any atom is -0.325 e. The molecule has 0 saturated carbocycles. The van der Waals surface area contributed by atoms with Gasteiger partial charge in [-0.3, -0.25) is 4.99 Å². The maximum Gasteiger partial charge on any atom is 0.186 e. The van der Waals surface area contributed by atoms with Crippen molar-refractivity contribution in [2.75, 3.05) is 6.54 Å². The Hall–Kier alpha value is -1.03. The van der Waals surface area contributed by atoms with E-state index in [2.05, 4.69) is 16.9 Å². The SMILES string of the molecule is CCCC=N/C(CN)=C(\C)N=C(C)F. The lowest BCUT2D eigenvalue weighted by Gasteiger charge is -2.00. The summed E-state index contributed by atoms with van der Waals surface area (Å²) in [6.07, 6.45) is 3.72. The second kappa shape index (κ2) is 7.38. The molecule has 3 nitrogen and oxygen atoms in total. The highest BCUT2D eigenvalue weighted by Gasteiger charge is 1.97. The second-order valence-corrected chi connectivity index (χ2v) is 2.95. The predicted molar refractivity (Wildman–Crippen MR) is 59.4 cm³/mol. The van der Waals surface area contributed by atoms with Gasteiger partial charge < -0.3 is 5.73 Å². The van der Waals surface area contributed by atoms with E-state index in [1.54, 1.807) is 13.1 Å². The van der Waals surface area contributed by atoms with Crippen LogP contribution in [0.2, 0.25) is 0 Å². The molecule has 0 spiro atoms. The van der Waals surface area contributed by atoms with Crippen molar-refractivity contribution in [2.45, 2.75) is 33.6 Å². The Labute approximate surface area is 84.6 Å². The van der Waals surface area contributed by atoms with Crippen LogP contribution >= 0.6 is 0 Å². The Kier molecular flexibility index (Phi) is 6.84. The van der Waals surface area contributed by atoms with Crippen LogP contribution in [0.5, 0.6) is 0 Å². The van der Waals surface area contributed by atoms with Crippen molar-refractivity contribution in [1.29, 1.82) is 0 Å². The first-order valence-electron chi connectivity index (χ1n) is 4.75. The zero-order valence-corrected chi connectivity index (χ0v) is 9.05. The molecule has 0 bridgehead atoms. The number of hydrogen-bond donors (Lipinski definition) is 1. The topological polar surface area (TPSA) is 50.7 Å². The summed E-state index contributed by atoms with van der Waals surface area (Å²) in [6, 6.07) is 0. The molecule has 0 aromatic heterocycles. The van der Waals surface area contributed by atoms with Gasteiger partial charge in [0.2, 0.25) is 0 Å². The van der Waals surface area contributed by atoms with Crippen LogP contribution < -0.4 is 5.73 Å². The van der Waals surface area contributed by atoms with Crippen LogP contribution in [0.15, 0.2) is 21.4 Å². The van der Waals surface area contributed by atoms with Crippen LogP contribution in [-0.4, -0.2) is 18.7 Å². The van der Waals surface area contributed by atoms with Gasteiger partial charge in [-0.25, -0.2) is 4.99 Å². The van der Waals surface area contributed by atoms with Gasteiger partial charge >= 0.3 is 0 Å². The van der Waals surface area contributed by atoms with Gasteiger partial charge in [0.05, 0.1) is 11.4 Å². The molecule has 0 amide bonds. The molecule has 0 aliphatic heterocycles. The maximum absolute atomic E-state index is 12.5. The highest BCUT2D eigenvalue weighted by atomic mass is 19.1. The van der Waals surface area contributed by atoms with Gasteiger partial charge in [-0.2, -0.15) is 4.39 Å². The zero-order valence-electron chi connectivity index (χ0n) is 9.05. The van der Waals surface area contributed by atoms with Gasteiger partial charge in [-0.15, -0.1) is 0 Å². The highest BCUT2D eigenvalue weighted by molar-refractivity contribution is 5.73. The van der Waals surface area contributed by atoms with Crippen LogP contribution in [0.25, 0.3) is 0 Å². The van der Waals surface area contributed by atoms with E-state index in [1.165, 1.54) is 6.92 Å². The zero-order chi connectivity index (χ0) is 11.0. The summed E-state index contributed by atoms with van der Waals surface area (Å²) in [5, 5.41) is 0. The van der Waals surface area contributed by atoms with Gasteiger partial charge in [0, 0.05) is 19.7 Å². The Bertz CT molecular complexity index is 250. The van der Waals surface area contributed by atoms with E-state index < -0.39 is 5.97 Å². The van der Waals surface area contributed by atoms with E-state index in [4.69, 9.17) is 5.73 Å². The summed E-state index contributed by atoms with van der Waals surface area (Å²) in [5.41, 5.74) is 6.64. The van der Waals surface area contributed by atoms with Gasteiger partial charge in [0.1, 0.15) is 0 Å². The van der Waals surface area contributed by atoms with E-state index in [0.717, 1.165) is 12.8 Å². The fourth-order valence-corrected chi connectivity index (χ4v) is 0.893. The first-order valence-corrected chi connectivity index (χ1v) is 4.75. The summed E-state index contributed by atoms with van der Waals surface area (Å²) < 4.78 is 12.5. The Balaban J connectivity index is 4.59. The molecular weight excluding hydrogens is 181 g/mol. The van der Waals surface area contributed by atoms with Crippen LogP contribution in [0.4, 0.5) is 4.39 Å². The number of allylic oxidation sites excluding steroid dienone is 1. The molecule has 0 heterocycles. The highest BCUT2D eigenvalue weighted by Crippen LogP contribution is 2.06. The average molecular weight is 199 g/mol. The first kappa shape index (κ1) is 13.0. The van der Waals surface area contributed by atoms with Crippen molar-refractivity contribution in [3.05, 3.63) is 11.4 Å². The Morgan fingerprint density at radius 3 is 2.50 bits per heavy atom. The molecule has 0 aliphatic rings. The number of nitrogens with zero attached hydrogens (tertiary/aromatic N) is 2. The Morgan fingerprint density at radius 1 is 1.43 bits per heavy atom. The lowest BCUT2D eigenvalue weighted by Crippen LogP contribution is -2.03. The third-order valence-electron chi connectivity index (χ3n) is 1.60. The van der Waals surface area contributed by atoms with Gasteiger partial charge in [-0.05, 0) is 13.3 Å². The summed E-state index contributed by atoms with van der Waals surface area (Å²) in [6.45, 7) is 5.35.